The third-order valence-electron chi connectivity index (χ3n) is 2.58. The molecule has 0 aliphatic carbocycles. The van der Waals surface area contributed by atoms with E-state index < -0.39 is 10.0 Å². The van der Waals surface area contributed by atoms with Crippen LogP contribution in [0.1, 0.15) is 11.1 Å². The van der Waals surface area contributed by atoms with Gasteiger partial charge in [0.15, 0.2) is 0 Å². The number of aromatic amines is 1. The van der Waals surface area contributed by atoms with Gasteiger partial charge in [-0.3, -0.25) is 5.10 Å². The number of nitriles is 1. The molecule has 0 atom stereocenters. The van der Waals surface area contributed by atoms with Crippen molar-refractivity contribution in [3.8, 4) is 6.07 Å². The van der Waals surface area contributed by atoms with Gasteiger partial charge < -0.3 is 5.73 Å². The van der Waals surface area contributed by atoms with E-state index in [1.165, 1.54) is 24.4 Å². The number of nitrogens with zero attached hydrogens (tertiary/aromatic N) is 2. The van der Waals surface area contributed by atoms with Gasteiger partial charge in [0, 0.05) is 12.1 Å². The summed E-state index contributed by atoms with van der Waals surface area (Å²) in [6, 6.07) is 5.74. The first-order valence-electron chi connectivity index (χ1n) is 5.41. The van der Waals surface area contributed by atoms with Crippen molar-refractivity contribution in [3.05, 3.63) is 40.5 Å². The Kier molecular flexibility index (Phi) is 3.94. The number of nitrogens with two attached hydrogens (primary N) is 1. The Hall–Kier alpha value is -2.08. The Morgan fingerprint density at radius 1 is 1.50 bits per heavy atom. The van der Waals surface area contributed by atoms with Crippen LogP contribution in [0.15, 0.2) is 29.3 Å². The fourth-order valence-electron chi connectivity index (χ4n) is 1.47. The normalized spacial score (nSPS) is 11.2. The first-order chi connectivity index (χ1) is 9.44. The molecule has 104 valence electrons. The minimum Gasteiger partial charge on any atom is -0.384 e. The lowest BCUT2D eigenvalue weighted by atomic mass is 10.2. The van der Waals surface area contributed by atoms with Crippen molar-refractivity contribution in [2.24, 2.45) is 0 Å². The number of anilines is 1. The van der Waals surface area contributed by atoms with Crippen molar-refractivity contribution in [2.75, 3.05) is 5.73 Å². The van der Waals surface area contributed by atoms with Crippen molar-refractivity contribution in [2.45, 2.75) is 11.4 Å². The maximum atomic E-state index is 12.1. The molecule has 1 aromatic heterocycles. The summed E-state index contributed by atoms with van der Waals surface area (Å²) in [5, 5.41) is 15.0. The van der Waals surface area contributed by atoms with Crippen LogP contribution in [0.4, 0.5) is 5.82 Å². The summed E-state index contributed by atoms with van der Waals surface area (Å²) in [7, 11) is -3.74. The Bertz CT molecular complexity index is 778. The standard InChI is InChI=1S/C11H10ClN5O2S/c12-10-3-9(2-1-7(10)4-13)20(18,19)16-6-8-5-15-17-11(8)14/h1-3,5,16H,6H2,(H3,14,15,17). The van der Waals surface area contributed by atoms with E-state index in [0.717, 1.165) is 0 Å². The first-order valence-corrected chi connectivity index (χ1v) is 7.27. The van der Waals surface area contributed by atoms with Crippen molar-refractivity contribution >= 4 is 27.4 Å². The Morgan fingerprint density at radius 2 is 2.25 bits per heavy atom. The lowest BCUT2D eigenvalue weighted by Crippen LogP contribution is -2.23. The number of hydrogen-bond donors (Lipinski definition) is 3. The Morgan fingerprint density at radius 3 is 2.80 bits per heavy atom. The largest absolute Gasteiger partial charge is 0.384 e. The molecule has 0 spiro atoms. The highest BCUT2D eigenvalue weighted by molar-refractivity contribution is 7.89. The van der Waals surface area contributed by atoms with E-state index in [1.807, 2.05) is 6.07 Å². The number of benzene rings is 1. The summed E-state index contributed by atoms with van der Waals surface area (Å²) in [6.45, 7) is 0.00227. The second-order valence-electron chi connectivity index (χ2n) is 3.89. The predicted octanol–water partition coefficient (Wildman–Crippen LogP) is 0.995. The molecule has 20 heavy (non-hydrogen) atoms. The number of aromatic nitrogens is 2. The highest BCUT2D eigenvalue weighted by Gasteiger charge is 2.16. The predicted molar refractivity (Wildman–Crippen MR) is 73.2 cm³/mol. The van der Waals surface area contributed by atoms with E-state index in [-0.39, 0.29) is 22.0 Å². The highest BCUT2D eigenvalue weighted by Crippen LogP contribution is 2.20. The van der Waals surface area contributed by atoms with Gasteiger partial charge in [0.2, 0.25) is 10.0 Å². The van der Waals surface area contributed by atoms with E-state index in [2.05, 4.69) is 14.9 Å². The number of H-pyrrole nitrogens is 1. The van der Waals surface area contributed by atoms with Gasteiger partial charge in [-0.25, -0.2) is 13.1 Å². The van der Waals surface area contributed by atoms with Crippen molar-refractivity contribution < 1.29 is 8.42 Å². The summed E-state index contributed by atoms with van der Waals surface area (Å²) in [5.41, 5.74) is 6.31. The topological polar surface area (TPSA) is 125 Å². The summed E-state index contributed by atoms with van der Waals surface area (Å²) < 4.78 is 26.5. The Labute approximate surface area is 120 Å². The molecular formula is C11H10ClN5O2S. The summed E-state index contributed by atoms with van der Waals surface area (Å²) in [5.74, 6) is 0.297. The zero-order valence-electron chi connectivity index (χ0n) is 10.1. The van der Waals surface area contributed by atoms with E-state index >= 15 is 0 Å². The van der Waals surface area contributed by atoms with Crippen LogP contribution < -0.4 is 10.5 Å². The summed E-state index contributed by atoms with van der Waals surface area (Å²) >= 11 is 5.81. The van der Waals surface area contributed by atoms with Gasteiger partial charge >= 0.3 is 0 Å². The van der Waals surface area contributed by atoms with E-state index in [9.17, 15) is 8.42 Å². The molecule has 2 aromatic rings. The molecule has 2 rings (SSSR count). The summed E-state index contributed by atoms with van der Waals surface area (Å²) in [6.07, 6.45) is 1.43. The van der Waals surface area contributed by atoms with Gasteiger partial charge in [-0.1, -0.05) is 11.6 Å². The van der Waals surface area contributed by atoms with Gasteiger partial charge in [0.05, 0.1) is 21.7 Å². The van der Waals surface area contributed by atoms with Gasteiger partial charge in [-0.2, -0.15) is 10.4 Å². The maximum Gasteiger partial charge on any atom is 0.240 e. The number of nitrogens with one attached hydrogen (secondary N) is 2. The zero-order chi connectivity index (χ0) is 14.8. The molecule has 4 N–H and O–H groups in total. The quantitative estimate of drug-likeness (QED) is 0.776. The van der Waals surface area contributed by atoms with Gasteiger partial charge in [0.1, 0.15) is 11.9 Å². The van der Waals surface area contributed by atoms with Crippen LogP contribution in [0.3, 0.4) is 0 Å². The third-order valence-corrected chi connectivity index (χ3v) is 4.29. The average molecular weight is 312 g/mol. The maximum absolute atomic E-state index is 12.1. The number of sulfonamides is 1. The van der Waals surface area contributed by atoms with Crippen LogP contribution in [0.2, 0.25) is 5.02 Å². The molecule has 0 aliphatic heterocycles. The molecule has 9 heteroatoms. The van der Waals surface area contributed by atoms with E-state index in [0.29, 0.717) is 11.4 Å². The molecule has 0 saturated heterocycles. The fraction of sp³-hybridized carbons (Fsp3) is 0.0909. The number of halogens is 1. The van der Waals surface area contributed by atoms with Crippen LogP contribution >= 0.6 is 11.6 Å². The molecular weight excluding hydrogens is 302 g/mol. The molecule has 0 bridgehead atoms. The molecule has 0 saturated carbocycles. The Balaban J connectivity index is 2.21. The second-order valence-corrected chi connectivity index (χ2v) is 6.06. The first kappa shape index (κ1) is 14.3. The minimum absolute atomic E-state index is 0.00227. The minimum atomic E-state index is -3.74. The molecule has 0 fully saturated rings. The highest BCUT2D eigenvalue weighted by atomic mass is 35.5. The second kappa shape index (κ2) is 5.50. The summed E-state index contributed by atoms with van der Waals surface area (Å²) in [4.78, 5) is -0.0245. The average Bonchev–Trinajstić information content (AvgIpc) is 2.82. The third kappa shape index (κ3) is 2.91. The van der Waals surface area contributed by atoms with E-state index in [4.69, 9.17) is 22.6 Å². The van der Waals surface area contributed by atoms with Gasteiger partial charge in [-0.15, -0.1) is 0 Å². The smallest absolute Gasteiger partial charge is 0.240 e. The SMILES string of the molecule is N#Cc1ccc(S(=O)(=O)NCc2cn[nH]c2N)cc1Cl. The molecule has 0 aliphatic rings. The van der Waals surface area contributed by atoms with Crippen molar-refractivity contribution in [1.82, 2.24) is 14.9 Å². The van der Waals surface area contributed by atoms with Gasteiger partial charge in [-0.05, 0) is 18.2 Å². The monoisotopic (exact) mass is 311 g/mol. The van der Waals surface area contributed by atoms with Crippen LogP contribution in [0, 0.1) is 11.3 Å². The van der Waals surface area contributed by atoms with E-state index in [1.54, 1.807) is 0 Å². The number of rotatable bonds is 4. The van der Waals surface area contributed by atoms with Crippen LogP contribution in [0.25, 0.3) is 0 Å². The van der Waals surface area contributed by atoms with Crippen molar-refractivity contribution in [1.29, 1.82) is 5.26 Å². The van der Waals surface area contributed by atoms with Crippen molar-refractivity contribution in [3.63, 3.8) is 0 Å². The molecule has 0 unspecified atom stereocenters. The fourth-order valence-corrected chi connectivity index (χ4v) is 2.79. The van der Waals surface area contributed by atoms with Crippen LogP contribution in [0.5, 0.6) is 0 Å². The zero-order valence-corrected chi connectivity index (χ0v) is 11.7. The molecule has 0 amide bonds. The van der Waals surface area contributed by atoms with Gasteiger partial charge in [0.25, 0.3) is 0 Å². The van der Waals surface area contributed by atoms with Crippen LogP contribution in [-0.4, -0.2) is 18.6 Å². The lowest BCUT2D eigenvalue weighted by molar-refractivity contribution is 0.581. The number of hydrogen-bond acceptors (Lipinski definition) is 5. The van der Waals surface area contributed by atoms with Crippen LogP contribution in [-0.2, 0) is 16.6 Å². The molecule has 1 heterocycles. The lowest BCUT2D eigenvalue weighted by Gasteiger charge is -2.07. The number of nitrogen functional groups attached to an aromatic ring is 1. The molecule has 7 nitrogen and oxygen atoms in total. The molecule has 1 aromatic carbocycles. The molecule has 0 radical (unpaired) electrons.